The molecule has 0 aromatic heterocycles. The van der Waals surface area contributed by atoms with Crippen molar-refractivity contribution in [3.8, 4) is 11.5 Å². The molecule has 3 aromatic carbocycles. The second-order valence-corrected chi connectivity index (χ2v) is 10.1. The number of para-hydroxylation sites is 1. The Morgan fingerprint density at radius 3 is 2.58 bits per heavy atom. The first-order valence-corrected chi connectivity index (χ1v) is 12.9. The molecule has 1 fully saturated rings. The van der Waals surface area contributed by atoms with Crippen LogP contribution in [0.4, 0.5) is 10.5 Å². The Morgan fingerprint density at radius 1 is 1.08 bits per heavy atom. The van der Waals surface area contributed by atoms with Gasteiger partial charge in [0, 0.05) is 5.69 Å². The molecule has 0 saturated carbocycles. The molecule has 1 aliphatic heterocycles. The second kappa shape index (κ2) is 11.6. The molecule has 0 radical (unpaired) electrons. The van der Waals surface area contributed by atoms with E-state index in [4.69, 9.17) is 9.47 Å². The number of amides is 3. The number of nitrogens with zero attached hydrogens (tertiary/aromatic N) is 1. The number of carbonyl (C=O) groups excluding carboxylic acids is 3. The fourth-order valence-electron chi connectivity index (χ4n) is 3.60. The van der Waals surface area contributed by atoms with Gasteiger partial charge in [0.2, 0.25) is 0 Å². The zero-order valence-corrected chi connectivity index (χ0v) is 22.6. The highest BCUT2D eigenvalue weighted by Gasteiger charge is 2.35. The van der Waals surface area contributed by atoms with Crippen LogP contribution in [0, 0.1) is 10.5 Å². The van der Waals surface area contributed by atoms with Crippen LogP contribution in [0.2, 0.25) is 0 Å². The van der Waals surface area contributed by atoms with Crippen molar-refractivity contribution in [2.45, 2.75) is 13.5 Å². The van der Waals surface area contributed by atoms with Crippen LogP contribution in [0.1, 0.15) is 16.7 Å². The summed E-state index contributed by atoms with van der Waals surface area (Å²) in [6.07, 6.45) is 1.66. The lowest BCUT2D eigenvalue weighted by molar-refractivity contribution is -0.123. The predicted molar refractivity (Wildman–Crippen MR) is 149 cm³/mol. The molecule has 1 aliphatic rings. The van der Waals surface area contributed by atoms with Gasteiger partial charge < -0.3 is 14.8 Å². The fraction of sp³-hybridized carbons (Fsp3) is 0.148. The van der Waals surface area contributed by atoms with E-state index in [-0.39, 0.29) is 30.2 Å². The van der Waals surface area contributed by atoms with Crippen LogP contribution in [0.15, 0.2) is 71.6 Å². The number of imide groups is 1. The lowest BCUT2D eigenvalue weighted by atomic mass is 10.1. The molecule has 0 aliphatic carbocycles. The third-order valence-electron chi connectivity index (χ3n) is 5.25. The Labute approximate surface area is 227 Å². The molecule has 3 aromatic rings. The molecule has 0 spiro atoms. The van der Waals surface area contributed by atoms with E-state index in [0.717, 1.165) is 22.9 Å². The van der Waals surface area contributed by atoms with Crippen LogP contribution in [0.3, 0.4) is 0 Å². The van der Waals surface area contributed by atoms with Crippen molar-refractivity contribution in [3.63, 3.8) is 0 Å². The van der Waals surface area contributed by atoms with Gasteiger partial charge in [-0.1, -0.05) is 48.0 Å². The van der Waals surface area contributed by atoms with E-state index in [1.165, 1.54) is 12.0 Å². The number of thioether (sulfide) groups is 1. The number of aryl methyl sites for hydroxylation is 1. The summed E-state index contributed by atoms with van der Waals surface area (Å²) in [5.41, 5.74) is 3.32. The van der Waals surface area contributed by atoms with Gasteiger partial charge in [0.05, 0.1) is 22.1 Å². The van der Waals surface area contributed by atoms with E-state index < -0.39 is 0 Å². The monoisotopic (exact) mass is 614 g/mol. The van der Waals surface area contributed by atoms with Crippen LogP contribution in [0.5, 0.6) is 11.5 Å². The molecule has 0 atom stereocenters. The molecule has 7 nitrogen and oxygen atoms in total. The van der Waals surface area contributed by atoms with Gasteiger partial charge in [0.25, 0.3) is 17.1 Å². The molecule has 1 heterocycles. The van der Waals surface area contributed by atoms with Crippen molar-refractivity contribution < 1.29 is 23.9 Å². The first-order valence-electron chi connectivity index (χ1n) is 11.0. The molecule has 1 saturated heterocycles. The summed E-state index contributed by atoms with van der Waals surface area (Å²) < 4.78 is 11.9. The summed E-state index contributed by atoms with van der Waals surface area (Å²) >= 11 is 3.00. The smallest absolute Gasteiger partial charge is 0.293 e. The Bertz CT molecular complexity index is 1340. The zero-order chi connectivity index (χ0) is 25.7. The second-order valence-electron chi connectivity index (χ2n) is 7.99. The highest BCUT2D eigenvalue weighted by molar-refractivity contribution is 14.1. The summed E-state index contributed by atoms with van der Waals surface area (Å²) in [6.45, 7) is 2.00. The average molecular weight is 614 g/mol. The predicted octanol–water partition coefficient (Wildman–Crippen LogP) is 5.86. The maximum absolute atomic E-state index is 13.0. The maximum atomic E-state index is 13.0. The number of carbonyl (C=O) groups is 3. The number of benzene rings is 3. The molecular formula is C27H23IN2O5S. The standard InChI is InChI=1S/C27H23IN2O5S/c1-17-7-6-8-18(11-17)15-30-26(32)23(36-27(30)33)14-19-12-21(28)25(22(13-19)34-2)35-16-24(31)29-20-9-4-3-5-10-20/h3-14H,15-16H2,1-2H3,(H,29,31)/b23-14-. The Balaban J connectivity index is 1.47. The van der Waals surface area contributed by atoms with Gasteiger partial charge in [-0.2, -0.15) is 0 Å². The highest BCUT2D eigenvalue weighted by atomic mass is 127. The fourth-order valence-corrected chi connectivity index (χ4v) is 5.22. The quantitative estimate of drug-likeness (QED) is 0.253. The molecule has 184 valence electrons. The van der Waals surface area contributed by atoms with Crippen molar-refractivity contribution in [3.05, 3.63) is 91.9 Å². The Morgan fingerprint density at radius 2 is 1.86 bits per heavy atom. The van der Waals surface area contributed by atoms with E-state index in [0.29, 0.717) is 31.2 Å². The Hall–Kier alpha value is -3.31. The molecule has 0 bridgehead atoms. The number of nitrogens with one attached hydrogen (secondary N) is 1. The number of halogens is 1. The molecule has 9 heteroatoms. The van der Waals surface area contributed by atoms with Crippen molar-refractivity contribution in [1.29, 1.82) is 0 Å². The minimum absolute atomic E-state index is 0.196. The summed E-state index contributed by atoms with van der Waals surface area (Å²) in [6, 6.07) is 20.4. The van der Waals surface area contributed by atoms with E-state index >= 15 is 0 Å². The molecule has 4 rings (SSSR count). The third kappa shape index (κ3) is 6.27. The first-order chi connectivity index (χ1) is 17.3. The molecule has 1 N–H and O–H groups in total. The normalized spacial score (nSPS) is 14.3. The van der Waals surface area contributed by atoms with E-state index in [1.54, 1.807) is 24.3 Å². The number of anilines is 1. The van der Waals surface area contributed by atoms with Gasteiger partial charge in [-0.3, -0.25) is 19.3 Å². The van der Waals surface area contributed by atoms with E-state index in [2.05, 4.69) is 27.9 Å². The lowest BCUT2D eigenvalue weighted by Gasteiger charge is -2.14. The lowest BCUT2D eigenvalue weighted by Crippen LogP contribution is -2.27. The van der Waals surface area contributed by atoms with Crippen LogP contribution >= 0.6 is 34.4 Å². The van der Waals surface area contributed by atoms with Gasteiger partial charge in [-0.25, -0.2) is 0 Å². The molecule has 3 amide bonds. The summed E-state index contributed by atoms with van der Waals surface area (Å²) in [7, 11) is 1.50. The number of hydrogen-bond donors (Lipinski definition) is 1. The number of rotatable bonds is 8. The SMILES string of the molecule is COc1cc(/C=C2\SC(=O)N(Cc3cccc(C)c3)C2=O)cc(I)c1OCC(=O)Nc1ccccc1. The van der Waals surface area contributed by atoms with Crippen molar-refractivity contribution in [1.82, 2.24) is 4.90 Å². The van der Waals surface area contributed by atoms with Crippen molar-refractivity contribution in [2.24, 2.45) is 0 Å². The minimum Gasteiger partial charge on any atom is -0.493 e. The maximum Gasteiger partial charge on any atom is 0.293 e. The summed E-state index contributed by atoms with van der Waals surface area (Å²) in [4.78, 5) is 39.4. The molecule has 36 heavy (non-hydrogen) atoms. The van der Waals surface area contributed by atoms with Gasteiger partial charge in [0.15, 0.2) is 18.1 Å². The van der Waals surface area contributed by atoms with Crippen LogP contribution < -0.4 is 14.8 Å². The van der Waals surface area contributed by atoms with Crippen LogP contribution in [0.25, 0.3) is 6.08 Å². The van der Waals surface area contributed by atoms with E-state index in [1.807, 2.05) is 55.5 Å². The Kier molecular flexibility index (Phi) is 8.32. The number of hydrogen-bond acceptors (Lipinski definition) is 6. The van der Waals surface area contributed by atoms with Gasteiger partial charge in [0.1, 0.15) is 0 Å². The van der Waals surface area contributed by atoms with Crippen molar-refractivity contribution >= 4 is 63.2 Å². The topological polar surface area (TPSA) is 84.9 Å². The molecule has 0 unspecified atom stereocenters. The first kappa shape index (κ1) is 25.8. The minimum atomic E-state index is -0.335. The van der Waals surface area contributed by atoms with Crippen LogP contribution in [-0.2, 0) is 16.1 Å². The van der Waals surface area contributed by atoms with Gasteiger partial charge in [-0.05, 0) is 82.7 Å². The van der Waals surface area contributed by atoms with Crippen LogP contribution in [-0.4, -0.2) is 35.7 Å². The third-order valence-corrected chi connectivity index (χ3v) is 6.96. The summed E-state index contributed by atoms with van der Waals surface area (Å²) in [5, 5.41) is 2.46. The largest absolute Gasteiger partial charge is 0.493 e. The molecular weight excluding hydrogens is 591 g/mol. The average Bonchev–Trinajstić information content (AvgIpc) is 3.11. The summed E-state index contributed by atoms with van der Waals surface area (Å²) in [5.74, 6) is 0.203. The number of ether oxygens (including phenoxy) is 2. The highest BCUT2D eigenvalue weighted by Crippen LogP contribution is 2.37. The van der Waals surface area contributed by atoms with Crippen molar-refractivity contribution in [2.75, 3.05) is 19.0 Å². The van der Waals surface area contributed by atoms with Gasteiger partial charge >= 0.3 is 0 Å². The zero-order valence-electron chi connectivity index (χ0n) is 19.6. The van der Waals surface area contributed by atoms with Gasteiger partial charge in [-0.15, -0.1) is 0 Å². The number of methoxy groups -OCH3 is 1. The van der Waals surface area contributed by atoms with E-state index in [9.17, 15) is 14.4 Å².